The third-order valence-corrected chi connectivity index (χ3v) is 6.36. The fourth-order valence-electron chi connectivity index (χ4n) is 3.06. The van der Waals surface area contributed by atoms with Gasteiger partial charge in [-0.15, -0.1) is 0 Å². The minimum atomic E-state index is -3.82. The summed E-state index contributed by atoms with van der Waals surface area (Å²) in [6, 6.07) is 19.3. The highest BCUT2D eigenvalue weighted by atomic mass is 32.2. The van der Waals surface area contributed by atoms with E-state index in [2.05, 4.69) is 10.2 Å². The average Bonchev–Trinajstić information content (AvgIpc) is 3.47. The number of sulfonamides is 1. The Labute approximate surface area is 180 Å². The highest BCUT2D eigenvalue weighted by Crippen LogP contribution is 2.23. The monoisotopic (exact) mass is 438 g/mol. The molecule has 0 saturated heterocycles. The number of furan rings is 1. The van der Waals surface area contributed by atoms with Gasteiger partial charge in [0.15, 0.2) is 0 Å². The first-order valence-corrected chi connectivity index (χ1v) is 11.2. The molecule has 9 heteroatoms. The molecule has 0 spiro atoms. The molecule has 0 fully saturated rings. The van der Waals surface area contributed by atoms with E-state index in [-0.39, 0.29) is 18.0 Å². The summed E-state index contributed by atoms with van der Waals surface area (Å²) in [5.41, 5.74) is 1.31. The van der Waals surface area contributed by atoms with Gasteiger partial charge in [-0.1, -0.05) is 18.2 Å². The van der Waals surface area contributed by atoms with E-state index in [1.165, 1.54) is 27.5 Å². The quantitative estimate of drug-likeness (QED) is 0.396. The SMILES string of the molecule is CCOc1ccc(S(=O)(=O)N(Cc2cnn(-c3ccccc3)n2)Cc2ccco2)cc1. The Kier molecular flexibility index (Phi) is 6.15. The van der Waals surface area contributed by atoms with Gasteiger partial charge < -0.3 is 9.15 Å². The van der Waals surface area contributed by atoms with Gasteiger partial charge in [0.2, 0.25) is 10.0 Å². The summed E-state index contributed by atoms with van der Waals surface area (Å²) in [5.74, 6) is 1.15. The smallest absolute Gasteiger partial charge is 0.243 e. The van der Waals surface area contributed by atoms with Crippen molar-refractivity contribution in [2.24, 2.45) is 0 Å². The molecule has 2 aromatic heterocycles. The van der Waals surface area contributed by atoms with Crippen molar-refractivity contribution in [3.63, 3.8) is 0 Å². The molecule has 0 radical (unpaired) electrons. The minimum absolute atomic E-state index is 0.0447. The lowest BCUT2D eigenvalue weighted by molar-refractivity contribution is 0.339. The number of nitrogens with zero attached hydrogens (tertiary/aromatic N) is 4. The van der Waals surface area contributed by atoms with Crippen LogP contribution in [0, 0.1) is 0 Å². The van der Waals surface area contributed by atoms with Gasteiger partial charge in [-0.2, -0.15) is 19.3 Å². The Morgan fingerprint density at radius 3 is 2.45 bits per heavy atom. The Morgan fingerprint density at radius 2 is 1.77 bits per heavy atom. The summed E-state index contributed by atoms with van der Waals surface area (Å²) >= 11 is 0. The summed E-state index contributed by atoms with van der Waals surface area (Å²) in [6.45, 7) is 2.50. The molecule has 0 aliphatic carbocycles. The molecular formula is C22H22N4O4S. The maximum atomic E-state index is 13.4. The van der Waals surface area contributed by atoms with E-state index in [0.717, 1.165) is 5.69 Å². The molecule has 4 rings (SSSR count). The van der Waals surface area contributed by atoms with Gasteiger partial charge in [0.05, 0.1) is 48.4 Å². The van der Waals surface area contributed by atoms with Crippen LogP contribution in [0.4, 0.5) is 0 Å². The summed E-state index contributed by atoms with van der Waals surface area (Å²) in [7, 11) is -3.82. The number of para-hydroxylation sites is 1. The molecular weight excluding hydrogens is 416 g/mol. The Balaban J connectivity index is 1.62. The fraction of sp³-hybridized carbons (Fsp3) is 0.182. The van der Waals surface area contributed by atoms with Gasteiger partial charge in [-0.3, -0.25) is 0 Å². The van der Waals surface area contributed by atoms with Gasteiger partial charge in [-0.05, 0) is 55.5 Å². The fourth-order valence-corrected chi connectivity index (χ4v) is 4.44. The molecule has 0 unspecified atom stereocenters. The molecule has 0 amide bonds. The molecule has 8 nitrogen and oxygen atoms in total. The van der Waals surface area contributed by atoms with Crippen LogP contribution in [0.25, 0.3) is 5.69 Å². The third kappa shape index (κ3) is 4.84. The lowest BCUT2D eigenvalue weighted by Crippen LogP contribution is -2.30. The van der Waals surface area contributed by atoms with Gasteiger partial charge in [0, 0.05) is 0 Å². The normalized spacial score (nSPS) is 11.7. The first-order valence-electron chi connectivity index (χ1n) is 9.78. The highest BCUT2D eigenvalue weighted by molar-refractivity contribution is 7.89. The zero-order valence-corrected chi connectivity index (χ0v) is 17.8. The van der Waals surface area contributed by atoms with E-state index in [9.17, 15) is 8.42 Å². The largest absolute Gasteiger partial charge is 0.494 e. The van der Waals surface area contributed by atoms with E-state index in [1.807, 2.05) is 37.3 Å². The predicted octanol–water partition coefficient (Wildman–Crippen LogP) is 3.65. The van der Waals surface area contributed by atoms with Crippen LogP contribution < -0.4 is 4.74 Å². The van der Waals surface area contributed by atoms with Crippen molar-refractivity contribution in [3.05, 3.63) is 90.6 Å². The van der Waals surface area contributed by atoms with Crippen molar-refractivity contribution in [1.82, 2.24) is 19.3 Å². The van der Waals surface area contributed by atoms with Crippen LogP contribution in [0.3, 0.4) is 0 Å². The van der Waals surface area contributed by atoms with Crippen LogP contribution in [0.2, 0.25) is 0 Å². The number of hydrogen-bond acceptors (Lipinski definition) is 6. The second-order valence-corrected chi connectivity index (χ2v) is 8.66. The summed E-state index contributed by atoms with van der Waals surface area (Å²) < 4.78 is 38.9. The molecule has 160 valence electrons. The molecule has 0 bridgehead atoms. The zero-order valence-electron chi connectivity index (χ0n) is 17.0. The molecule has 0 aliphatic heterocycles. The molecule has 0 N–H and O–H groups in total. The van der Waals surface area contributed by atoms with Crippen molar-refractivity contribution < 1.29 is 17.6 Å². The average molecular weight is 439 g/mol. The van der Waals surface area contributed by atoms with E-state index in [0.29, 0.717) is 23.8 Å². The van der Waals surface area contributed by atoms with E-state index in [1.54, 1.807) is 30.5 Å². The van der Waals surface area contributed by atoms with E-state index < -0.39 is 10.0 Å². The van der Waals surface area contributed by atoms with Crippen molar-refractivity contribution in [2.45, 2.75) is 24.9 Å². The summed E-state index contributed by atoms with van der Waals surface area (Å²) in [5, 5.41) is 8.71. The van der Waals surface area contributed by atoms with Gasteiger partial charge in [-0.25, -0.2) is 8.42 Å². The topological polar surface area (TPSA) is 90.5 Å². The Bertz CT molecular complexity index is 1200. The number of benzene rings is 2. The third-order valence-electron chi connectivity index (χ3n) is 4.55. The van der Waals surface area contributed by atoms with Crippen LogP contribution in [0.1, 0.15) is 18.4 Å². The van der Waals surface area contributed by atoms with E-state index in [4.69, 9.17) is 9.15 Å². The van der Waals surface area contributed by atoms with Crippen LogP contribution in [-0.2, 0) is 23.1 Å². The molecule has 0 atom stereocenters. The second-order valence-electron chi connectivity index (χ2n) is 6.72. The first kappa shape index (κ1) is 20.8. The van der Waals surface area contributed by atoms with Gasteiger partial charge >= 0.3 is 0 Å². The van der Waals surface area contributed by atoms with Crippen LogP contribution in [0.5, 0.6) is 5.75 Å². The predicted molar refractivity (Wildman–Crippen MR) is 114 cm³/mol. The molecule has 0 saturated carbocycles. The molecule has 0 aliphatic rings. The minimum Gasteiger partial charge on any atom is -0.494 e. The number of aromatic nitrogens is 3. The van der Waals surface area contributed by atoms with Crippen LogP contribution in [-0.4, -0.2) is 34.3 Å². The maximum absolute atomic E-state index is 13.4. The summed E-state index contributed by atoms with van der Waals surface area (Å²) in [6.07, 6.45) is 3.08. The van der Waals surface area contributed by atoms with Crippen molar-refractivity contribution in [1.29, 1.82) is 0 Å². The molecule has 31 heavy (non-hydrogen) atoms. The first-order chi connectivity index (χ1) is 15.1. The van der Waals surface area contributed by atoms with Crippen LogP contribution >= 0.6 is 0 Å². The van der Waals surface area contributed by atoms with Crippen molar-refractivity contribution in [3.8, 4) is 11.4 Å². The maximum Gasteiger partial charge on any atom is 0.243 e. The molecule has 2 aromatic carbocycles. The van der Waals surface area contributed by atoms with E-state index >= 15 is 0 Å². The second kappa shape index (κ2) is 9.15. The lowest BCUT2D eigenvalue weighted by atomic mass is 10.3. The number of hydrogen-bond donors (Lipinski definition) is 0. The van der Waals surface area contributed by atoms with Gasteiger partial charge in [0.1, 0.15) is 11.5 Å². The van der Waals surface area contributed by atoms with Gasteiger partial charge in [0.25, 0.3) is 0 Å². The zero-order chi connectivity index (χ0) is 21.7. The lowest BCUT2D eigenvalue weighted by Gasteiger charge is -2.20. The van der Waals surface area contributed by atoms with Crippen LogP contribution in [0.15, 0.2) is 88.5 Å². The van der Waals surface area contributed by atoms with Crippen molar-refractivity contribution in [2.75, 3.05) is 6.61 Å². The molecule has 4 aromatic rings. The number of rotatable bonds is 9. The number of ether oxygens (including phenoxy) is 1. The standard InChI is InChI=1S/C22H22N4O4S/c1-2-29-20-10-12-22(13-11-20)31(27,28)25(17-21-9-6-14-30-21)16-18-15-23-26(24-18)19-7-4-3-5-8-19/h3-15H,2,16-17H2,1H3. The highest BCUT2D eigenvalue weighted by Gasteiger charge is 2.27. The van der Waals surface area contributed by atoms with Crippen molar-refractivity contribution >= 4 is 10.0 Å². The summed E-state index contributed by atoms with van der Waals surface area (Å²) in [4.78, 5) is 1.64. The Morgan fingerprint density at radius 1 is 1.00 bits per heavy atom. The Hall–Kier alpha value is -3.43. The molecule has 2 heterocycles.